The number of nitrogens with zero attached hydrogens (tertiary/aromatic N) is 2. The maximum Gasteiger partial charge on any atom is 0.222 e. The Bertz CT molecular complexity index is 312. The van der Waals surface area contributed by atoms with Crippen LogP contribution in [0.4, 0.5) is 0 Å². The molecule has 3 fully saturated rings. The molecule has 1 atom stereocenters. The average molecular weight is 264 g/mol. The molecular formula is C16H28N2O. The predicted octanol–water partition coefficient (Wildman–Crippen LogP) is 2.65. The zero-order chi connectivity index (χ0) is 13.1. The van der Waals surface area contributed by atoms with Gasteiger partial charge in [0.2, 0.25) is 5.91 Å². The highest BCUT2D eigenvalue weighted by molar-refractivity contribution is 5.76. The van der Waals surface area contributed by atoms with E-state index in [1.54, 1.807) is 0 Å². The number of amides is 1. The van der Waals surface area contributed by atoms with Gasteiger partial charge in [0.25, 0.3) is 0 Å². The van der Waals surface area contributed by atoms with Gasteiger partial charge in [-0.05, 0) is 31.7 Å². The Morgan fingerprint density at radius 1 is 0.947 bits per heavy atom. The van der Waals surface area contributed by atoms with E-state index in [2.05, 4.69) is 9.80 Å². The van der Waals surface area contributed by atoms with Crippen molar-refractivity contribution in [3.63, 3.8) is 0 Å². The summed E-state index contributed by atoms with van der Waals surface area (Å²) in [5.41, 5.74) is 0. The minimum Gasteiger partial charge on any atom is -0.340 e. The second kappa shape index (κ2) is 6.25. The Morgan fingerprint density at radius 2 is 1.79 bits per heavy atom. The molecule has 0 aromatic heterocycles. The highest BCUT2D eigenvalue weighted by Crippen LogP contribution is 2.28. The molecule has 1 aliphatic carbocycles. The van der Waals surface area contributed by atoms with Crippen LogP contribution in [0.25, 0.3) is 0 Å². The highest BCUT2D eigenvalue weighted by Gasteiger charge is 2.32. The normalized spacial score (nSPS) is 29.5. The first kappa shape index (κ1) is 13.4. The van der Waals surface area contributed by atoms with Crippen molar-refractivity contribution in [3.05, 3.63) is 0 Å². The van der Waals surface area contributed by atoms with Crippen molar-refractivity contribution in [2.75, 3.05) is 26.2 Å². The van der Waals surface area contributed by atoms with Crippen molar-refractivity contribution in [2.24, 2.45) is 5.92 Å². The van der Waals surface area contributed by atoms with Gasteiger partial charge in [-0.15, -0.1) is 0 Å². The maximum absolute atomic E-state index is 12.3. The van der Waals surface area contributed by atoms with Crippen LogP contribution in [0, 0.1) is 5.92 Å². The Morgan fingerprint density at radius 3 is 2.63 bits per heavy atom. The summed E-state index contributed by atoms with van der Waals surface area (Å²) in [6, 6.07) is 0.674. The van der Waals surface area contributed by atoms with Crippen LogP contribution >= 0.6 is 0 Å². The molecule has 0 aromatic rings. The summed E-state index contributed by atoms with van der Waals surface area (Å²) in [6.07, 6.45) is 11.5. The predicted molar refractivity (Wildman–Crippen MR) is 77.0 cm³/mol. The van der Waals surface area contributed by atoms with Crippen LogP contribution < -0.4 is 0 Å². The molecule has 108 valence electrons. The van der Waals surface area contributed by atoms with Gasteiger partial charge >= 0.3 is 0 Å². The second-order valence-corrected chi connectivity index (χ2v) is 6.71. The van der Waals surface area contributed by atoms with Gasteiger partial charge in [-0.2, -0.15) is 0 Å². The molecule has 1 saturated carbocycles. The van der Waals surface area contributed by atoms with E-state index in [9.17, 15) is 4.79 Å². The first-order valence-corrected chi connectivity index (χ1v) is 8.35. The Kier molecular flexibility index (Phi) is 4.42. The van der Waals surface area contributed by atoms with E-state index in [1.807, 2.05) is 0 Å². The van der Waals surface area contributed by atoms with Gasteiger partial charge in [0.1, 0.15) is 0 Å². The largest absolute Gasteiger partial charge is 0.340 e. The minimum atomic E-state index is 0.428. The molecule has 0 bridgehead atoms. The second-order valence-electron chi connectivity index (χ2n) is 6.71. The van der Waals surface area contributed by atoms with Gasteiger partial charge in [-0.1, -0.05) is 32.1 Å². The highest BCUT2D eigenvalue weighted by atomic mass is 16.2. The van der Waals surface area contributed by atoms with Crippen LogP contribution in [0.1, 0.15) is 57.8 Å². The third-order valence-electron chi connectivity index (χ3n) is 5.43. The lowest BCUT2D eigenvalue weighted by Gasteiger charge is -2.37. The van der Waals surface area contributed by atoms with Gasteiger partial charge < -0.3 is 4.90 Å². The minimum absolute atomic E-state index is 0.428. The molecule has 0 radical (unpaired) electrons. The van der Waals surface area contributed by atoms with E-state index >= 15 is 0 Å². The molecular weight excluding hydrogens is 236 g/mol. The fourth-order valence-corrected chi connectivity index (χ4v) is 4.18. The van der Waals surface area contributed by atoms with Gasteiger partial charge in [0.05, 0.1) is 0 Å². The quantitative estimate of drug-likeness (QED) is 0.782. The lowest BCUT2D eigenvalue weighted by molar-refractivity contribution is -0.134. The van der Waals surface area contributed by atoms with Gasteiger partial charge in [0, 0.05) is 32.1 Å². The summed E-state index contributed by atoms with van der Waals surface area (Å²) in [5, 5.41) is 0. The molecule has 3 rings (SSSR count). The van der Waals surface area contributed by atoms with E-state index in [-0.39, 0.29) is 0 Å². The molecule has 0 aromatic carbocycles. The van der Waals surface area contributed by atoms with Crippen LogP contribution in [0.2, 0.25) is 0 Å². The summed E-state index contributed by atoms with van der Waals surface area (Å²) < 4.78 is 0. The first-order chi connectivity index (χ1) is 9.33. The maximum atomic E-state index is 12.3. The molecule has 1 amide bonds. The number of carbonyl (C=O) groups is 1. The van der Waals surface area contributed by atoms with Crippen molar-refractivity contribution in [2.45, 2.75) is 63.8 Å². The number of fused-ring (bicyclic) bond motifs is 1. The Hall–Kier alpha value is -0.570. The standard InChI is InChI=1S/C16H28N2O/c19-16(9-8-14-5-2-1-3-6-14)18-12-11-17-10-4-7-15(17)13-18/h14-15H,1-13H2/t15-/m0/s1. The molecule has 2 saturated heterocycles. The first-order valence-electron chi connectivity index (χ1n) is 8.35. The molecule has 0 unspecified atom stereocenters. The molecule has 3 nitrogen and oxygen atoms in total. The van der Waals surface area contributed by atoms with E-state index in [0.717, 1.165) is 38.4 Å². The molecule has 2 aliphatic heterocycles. The third kappa shape index (κ3) is 3.31. The van der Waals surface area contributed by atoms with E-state index in [0.29, 0.717) is 11.9 Å². The van der Waals surface area contributed by atoms with Gasteiger partial charge in [0.15, 0.2) is 0 Å². The summed E-state index contributed by atoms with van der Waals surface area (Å²) in [4.78, 5) is 17.1. The Balaban J connectivity index is 1.42. The van der Waals surface area contributed by atoms with Crippen molar-refractivity contribution in [1.29, 1.82) is 0 Å². The number of hydrogen-bond acceptors (Lipinski definition) is 2. The van der Waals surface area contributed by atoms with Gasteiger partial charge in [-0.3, -0.25) is 9.69 Å². The topological polar surface area (TPSA) is 23.6 Å². The van der Waals surface area contributed by atoms with Crippen LogP contribution in [-0.2, 0) is 4.79 Å². The molecule has 3 aliphatic rings. The lowest BCUT2D eigenvalue weighted by atomic mass is 9.86. The third-order valence-corrected chi connectivity index (χ3v) is 5.43. The average Bonchev–Trinajstić information content (AvgIpc) is 2.93. The smallest absolute Gasteiger partial charge is 0.222 e. The summed E-state index contributed by atoms with van der Waals surface area (Å²) >= 11 is 0. The summed E-state index contributed by atoms with van der Waals surface area (Å²) in [6.45, 7) is 4.35. The van der Waals surface area contributed by atoms with Gasteiger partial charge in [-0.25, -0.2) is 0 Å². The van der Waals surface area contributed by atoms with Crippen molar-refractivity contribution in [1.82, 2.24) is 9.80 Å². The molecule has 19 heavy (non-hydrogen) atoms. The monoisotopic (exact) mass is 264 g/mol. The van der Waals surface area contributed by atoms with Crippen molar-refractivity contribution < 1.29 is 4.79 Å². The summed E-state index contributed by atoms with van der Waals surface area (Å²) in [7, 11) is 0. The van der Waals surface area contributed by atoms with Crippen LogP contribution in [0.15, 0.2) is 0 Å². The molecule has 2 heterocycles. The Labute approximate surface area is 117 Å². The zero-order valence-electron chi connectivity index (χ0n) is 12.1. The number of rotatable bonds is 3. The van der Waals surface area contributed by atoms with E-state index in [4.69, 9.17) is 0 Å². The van der Waals surface area contributed by atoms with E-state index < -0.39 is 0 Å². The van der Waals surface area contributed by atoms with Crippen molar-refractivity contribution in [3.8, 4) is 0 Å². The summed E-state index contributed by atoms with van der Waals surface area (Å²) in [5.74, 6) is 1.27. The lowest BCUT2D eigenvalue weighted by Crippen LogP contribution is -2.52. The SMILES string of the molecule is O=C(CCC1CCCCC1)N1CCN2CCC[C@H]2C1. The zero-order valence-corrected chi connectivity index (χ0v) is 12.1. The number of carbonyl (C=O) groups excluding carboxylic acids is 1. The molecule has 3 heteroatoms. The number of hydrogen-bond donors (Lipinski definition) is 0. The van der Waals surface area contributed by atoms with Crippen LogP contribution in [-0.4, -0.2) is 47.9 Å². The molecule has 0 N–H and O–H groups in total. The van der Waals surface area contributed by atoms with E-state index in [1.165, 1.54) is 51.5 Å². The van der Waals surface area contributed by atoms with Crippen LogP contribution in [0.3, 0.4) is 0 Å². The van der Waals surface area contributed by atoms with Crippen LogP contribution in [0.5, 0.6) is 0 Å². The fourth-order valence-electron chi connectivity index (χ4n) is 4.18. The number of piperazine rings is 1. The fraction of sp³-hybridized carbons (Fsp3) is 0.938. The molecule has 0 spiro atoms. The van der Waals surface area contributed by atoms with Crippen molar-refractivity contribution >= 4 is 5.91 Å².